The lowest BCUT2D eigenvalue weighted by molar-refractivity contribution is 0.192. The SMILES string of the molecule is CCNCc1ccc(S(=O)(=O)NC2CCOC2)cc1Cl. The molecule has 20 heavy (non-hydrogen) atoms. The van der Waals surface area contributed by atoms with Crippen molar-refractivity contribution in [2.45, 2.75) is 30.8 Å². The number of hydrogen-bond acceptors (Lipinski definition) is 4. The van der Waals surface area contributed by atoms with Crippen LogP contribution < -0.4 is 10.0 Å². The van der Waals surface area contributed by atoms with E-state index in [1.807, 2.05) is 6.92 Å². The van der Waals surface area contributed by atoms with Crippen LogP contribution in [0.25, 0.3) is 0 Å². The molecule has 0 bridgehead atoms. The first kappa shape index (κ1) is 15.7. The van der Waals surface area contributed by atoms with Gasteiger partial charge in [-0.3, -0.25) is 0 Å². The Morgan fingerprint density at radius 2 is 2.25 bits per heavy atom. The van der Waals surface area contributed by atoms with Crippen LogP contribution in [0.3, 0.4) is 0 Å². The van der Waals surface area contributed by atoms with E-state index < -0.39 is 10.0 Å². The minimum atomic E-state index is -3.54. The van der Waals surface area contributed by atoms with Crippen LogP contribution in [0.2, 0.25) is 5.02 Å². The third kappa shape index (κ3) is 3.93. The van der Waals surface area contributed by atoms with Gasteiger partial charge in [-0.15, -0.1) is 0 Å². The molecule has 1 atom stereocenters. The number of hydrogen-bond donors (Lipinski definition) is 2. The Morgan fingerprint density at radius 3 is 2.85 bits per heavy atom. The van der Waals surface area contributed by atoms with Crippen molar-refractivity contribution in [2.75, 3.05) is 19.8 Å². The largest absolute Gasteiger partial charge is 0.380 e. The van der Waals surface area contributed by atoms with Crippen molar-refractivity contribution >= 4 is 21.6 Å². The molecule has 1 heterocycles. The van der Waals surface area contributed by atoms with Crippen molar-refractivity contribution in [1.82, 2.24) is 10.0 Å². The van der Waals surface area contributed by atoms with Crippen LogP contribution in [0.15, 0.2) is 23.1 Å². The summed E-state index contributed by atoms with van der Waals surface area (Å²) < 4.78 is 32.2. The summed E-state index contributed by atoms with van der Waals surface area (Å²) in [5, 5.41) is 3.61. The fraction of sp³-hybridized carbons (Fsp3) is 0.538. The molecular formula is C13H19ClN2O3S. The highest BCUT2D eigenvalue weighted by Crippen LogP contribution is 2.21. The van der Waals surface area contributed by atoms with E-state index in [1.165, 1.54) is 6.07 Å². The minimum Gasteiger partial charge on any atom is -0.380 e. The molecule has 112 valence electrons. The van der Waals surface area contributed by atoms with E-state index in [0.29, 0.717) is 31.2 Å². The first-order chi connectivity index (χ1) is 9.53. The minimum absolute atomic E-state index is 0.153. The first-order valence-electron chi connectivity index (χ1n) is 6.62. The highest BCUT2D eigenvalue weighted by Gasteiger charge is 2.23. The molecular weight excluding hydrogens is 300 g/mol. The van der Waals surface area contributed by atoms with Gasteiger partial charge in [0.1, 0.15) is 0 Å². The molecule has 0 spiro atoms. The lowest BCUT2D eigenvalue weighted by Gasteiger charge is -2.13. The summed E-state index contributed by atoms with van der Waals surface area (Å²) in [5.74, 6) is 0. The Balaban J connectivity index is 2.13. The third-order valence-electron chi connectivity index (χ3n) is 3.15. The molecule has 1 fully saturated rings. The Bertz CT molecular complexity index is 557. The van der Waals surface area contributed by atoms with Crippen LogP contribution in [0.1, 0.15) is 18.9 Å². The van der Waals surface area contributed by atoms with Crippen LogP contribution in [-0.2, 0) is 21.3 Å². The summed E-state index contributed by atoms with van der Waals surface area (Å²) in [4.78, 5) is 0.189. The van der Waals surface area contributed by atoms with Gasteiger partial charge in [-0.25, -0.2) is 13.1 Å². The van der Waals surface area contributed by atoms with E-state index in [0.717, 1.165) is 12.1 Å². The molecule has 2 N–H and O–H groups in total. The summed E-state index contributed by atoms with van der Waals surface area (Å²) in [5.41, 5.74) is 0.886. The van der Waals surface area contributed by atoms with Gasteiger partial charge in [0, 0.05) is 24.2 Å². The van der Waals surface area contributed by atoms with Crippen LogP contribution >= 0.6 is 11.6 Å². The normalized spacial score (nSPS) is 19.4. The van der Waals surface area contributed by atoms with Crippen molar-refractivity contribution in [3.05, 3.63) is 28.8 Å². The van der Waals surface area contributed by atoms with E-state index in [9.17, 15) is 8.42 Å². The monoisotopic (exact) mass is 318 g/mol. The van der Waals surface area contributed by atoms with E-state index in [2.05, 4.69) is 10.0 Å². The summed E-state index contributed by atoms with van der Waals surface area (Å²) in [6, 6.07) is 4.66. The van der Waals surface area contributed by atoms with Crippen LogP contribution in [-0.4, -0.2) is 34.2 Å². The van der Waals surface area contributed by atoms with Gasteiger partial charge in [-0.05, 0) is 30.7 Å². The van der Waals surface area contributed by atoms with Gasteiger partial charge in [0.2, 0.25) is 10.0 Å². The zero-order valence-corrected chi connectivity index (χ0v) is 12.9. The van der Waals surface area contributed by atoms with Gasteiger partial charge in [0.15, 0.2) is 0 Å². The van der Waals surface area contributed by atoms with E-state index in [-0.39, 0.29) is 10.9 Å². The number of ether oxygens (including phenoxy) is 1. The molecule has 0 saturated carbocycles. The second-order valence-electron chi connectivity index (χ2n) is 4.72. The Labute approximate surface area is 124 Å². The fourth-order valence-electron chi connectivity index (χ4n) is 2.01. The molecule has 1 aliphatic rings. The maximum atomic E-state index is 12.2. The molecule has 1 aliphatic heterocycles. The van der Waals surface area contributed by atoms with Gasteiger partial charge in [0.25, 0.3) is 0 Å². The topological polar surface area (TPSA) is 67.4 Å². The standard InChI is InChI=1S/C13H19ClN2O3S/c1-2-15-8-10-3-4-12(7-13(10)14)20(17,18)16-11-5-6-19-9-11/h3-4,7,11,15-16H,2,5-6,8-9H2,1H3. The quantitative estimate of drug-likeness (QED) is 0.834. The molecule has 7 heteroatoms. The molecule has 0 amide bonds. The van der Waals surface area contributed by atoms with Crippen LogP contribution in [0, 0.1) is 0 Å². The van der Waals surface area contributed by atoms with Crippen molar-refractivity contribution in [3.8, 4) is 0 Å². The molecule has 1 saturated heterocycles. The summed E-state index contributed by atoms with van der Waals surface area (Å²) in [6.07, 6.45) is 0.700. The van der Waals surface area contributed by atoms with E-state index in [4.69, 9.17) is 16.3 Å². The van der Waals surface area contributed by atoms with Crippen molar-refractivity contribution in [2.24, 2.45) is 0 Å². The van der Waals surface area contributed by atoms with Gasteiger partial charge < -0.3 is 10.1 Å². The zero-order chi connectivity index (χ0) is 14.6. The number of rotatable bonds is 6. The maximum absolute atomic E-state index is 12.2. The molecule has 1 unspecified atom stereocenters. The van der Waals surface area contributed by atoms with Gasteiger partial charge in [0.05, 0.1) is 11.5 Å². The summed E-state index contributed by atoms with van der Waals surface area (Å²) in [6.45, 7) is 4.47. The van der Waals surface area contributed by atoms with E-state index >= 15 is 0 Å². The zero-order valence-electron chi connectivity index (χ0n) is 11.4. The Morgan fingerprint density at radius 1 is 1.45 bits per heavy atom. The van der Waals surface area contributed by atoms with Crippen LogP contribution in [0.4, 0.5) is 0 Å². The maximum Gasteiger partial charge on any atom is 0.240 e. The van der Waals surface area contributed by atoms with Crippen molar-refractivity contribution < 1.29 is 13.2 Å². The average Bonchev–Trinajstić information content (AvgIpc) is 2.89. The summed E-state index contributed by atoms with van der Waals surface area (Å²) >= 11 is 6.13. The van der Waals surface area contributed by atoms with Crippen molar-refractivity contribution in [3.63, 3.8) is 0 Å². The Kier molecular flexibility index (Phi) is 5.40. The number of nitrogens with one attached hydrogen (secondary N) is 2. The molecule has 0 aromatic heterocycles. The van der Waals surface area contributed by atoms with Gasteiger partial charge in [-0.2, -0.15) is 0 Å². The number of halogens is 1. The first-order valence-corrected chi connectivity index (χ1v) is 8.48. The van der Waals surface area contributed by atoms with Gasteiger partial charge in [-0.1, -0.05) is 24.6 Å². The predicted molar refractivity (Wildman–Crippen MR) is 78.4 cm³/mol. The lowest BCUT2D eigenvalue weighted by atomic mass is 10.2. The van der Waals surface area contributed by atoms with Gasteiger partial charge >= 0.3 is 0 Å². The second kappa shape index (κ2) is 6.87. The highest BCUT2D eigenvalue weighted by molar-refractivity contribution is 7.89. The second-order valence-corrected chi connectivity index (χ2v) is 6.84. The highest BCUT2D eigenvalue weighted by atomic mass is 35.5. The Hall–Kier alpha value is -0.660. The molecule has 1 aromatic rings. The third-order valence-corrected chi connectivity index (χ3v) is 5.02. The summed E-state index contributed by atoms with van der Waals surface area (Å²) in [7, 11) is -3.54. The smallest absolute Gasteiger partial charge is 0.240 e. The fourth-order valence-corrected chi connectivity index (χ4v) is 3.61. The van der Waals surface area contributed by atoms with Crippen molar-refractivity contribution in [1.29, 1.82) is 0 Å². The molecule has 5 nitrogen and oxygen atoms in total. The molecule has 0 radical (unpaired) electrons. The average molecular weight is 319 g/mol. The number of benzene rings is 1. The predicted octanol–water partition coefficient (Wildman–Crippen LogP) is 1.52. The lowest BCUT2D eigenvalue weighted by Crippen LogP contribution is -2.35. The molecule has 1 aromatic carbocycles. The number of sulfonamides is 1. The van der Waals surface area contributed by atoms with E-state index in [1.54, 1.807) is 12.1 Å². The molecule has 0 aliphatic carbocycles. The van der Waals surface area contributed by atoms with Crippen LogP contribution in [0.5, 0.6) is 0 Å². The molecule has 2 rings (SSSR count).